The van der Waals surface area contributed by atoms with Crippen LogP contribution in [0.5, 0.6) is 5.75 Å². The Kier molecular flexibility index (Phi) is 9.39. The van der Waals surface area contributed by atoms with Crippen LogP contribution in [-0.4, -0.2) is 55.9 Å². The van der Waals surface area contributed by atoms with Crippen molar-refractivity contribution in [3.8, 4) is 5.75 Å². The van der Waals surface area contributed by atoms with Crippen molar-refractivity contribution in [2.45, 2.75) is 57.7 Å². The van der Waals surface area contributed by atoms with Crippen LogP contribution in [0.4, 0.5) is 0 Å². The van der Waals surface area contributed by atoms with Crippen LogP contribution in [0.25, 0.3) is 0 Å². The van der Waals surface area contributed by atoms with E-state index in [0.717, 1.165) is 22.6 Å². The molecule has 1 unspecified atom stereocenters. The molecule has 0 aliphatic heterocycles. The maximum atomic E-state index is 12.3. The van der Waals surface area contributed by atoms with Crippen LogP contribution in [0.15, 0.2) is 30.4 Å². The Morgan fingerprint density at radius 2 is 2.07 bits per heavy atom. The number of hydrogen-bond donors (Lipinski definition) is 4. The maximum Gasteiger partial charge on any atom is 0.303 e. The van der Waals surface area contributed by atoms with Gasteiger partial charge < -0.3 is 20.4 Å². The number of aryl methyl sites for hydroxylation is 1. The lowest BCUT2D eigenvalue weighted by atomic mass is 9.89. The van der Waals surface area contributed by atoms with Gasteiger partial charge in [-0.15, -0.1) is 0 Å². The zero-order valence-electron chi connectivity index (χ0n) is 17.5. The third-order valence-electron chi connectivity index (χ3n) is 5.77. The summed E-state index contributed by atoms with van der Waals surface area (Å²) in [6.07, 6.45) is 3.42. The first-order valence-corrected chi connectivity index (χ1v) is 11.5. The summed E-state index contributed by atoms with van der Waals surface area (Å²) in [7, 11) is 0. The summed E-state index contributed by atoms with van der Waals surface area (Å²) >= 11 is 1.63. The molecule has 1 aromatic carbocycles. The Morgan fingerprint density at radius 1 is 1.33 bits per heavy atom. The third-order valence-corrected chi connectivity index (χ3v) is 6.88. The Balaban J connectivity index is 1.92. The molecule has 1 aliphatic carbocycles. The summed E-state index contributed by atoms with van der Waals surface area (Å²) < 4.78 is 0. The second-order valence-corrected chi connectivity index (χ2v) is 9.25. The topological polar surface area (TPSA) is 115 Å². The highest BCUT2D eigenvalue weighted by Gasteiger charge is 2.39. The monoisotopic (exact) mass is 436 g/mol. The fourth-order valence-corrected chi connectivity index (χ4v) is 4.77. The van der Waals surface area contributed by atoms with Crippen molar-refractivity contribution < 1.29 is 30.0 Å². The SMILES string of the molecule is Cc1cc(C(C)[C@H](O)/C=C/[C@H]2[C@H](O)CC(=O)[C@@H]2CCSCCCC(=O)O)ccc1O. The van der Waals surface area contributed by atoms with Gasteiger partial charge in [0.05, 0.1) is 12.2 Å². The van der Waals surface area contributed by atoms with E-state index >= 15 is 0 Å². The zero-order chi connectivity index (χ0) is 22.3. The Bertz CT molecular complexity index is 762. The molecule has 1 fully saturated rings. The standard InChI is InChI=1S/C23H32O6S/c1-14-12-16(5-7-19(14)24)15(2)20(25)8-6-17-18(22(27)13-21(17)26)9-11-30-10-3-4-23(28)29/h5-8,12,15,17-18,20-21,24-26H,3-4,9-11,13H2,1-2H3,(H,28,29)/b8-6+/t15?,17-,18-,20-,21-/m1/s1. The molecule has 5 atom stereocenters. The minimum Gasteiger partial charge on any atom is -0.508 e. The van der Waals surface area contributed by atoms with Crippen LogP contribution in [0.3, 0.4) is 0 Å². The number of hydrogen-bond acceptors (Lipinski definition) is 6. The van der Waals surface area contributed by atoms with Crippen LogP contribution in [0.2, 0.25) is 0 Å². The molecule has 166 valence electrons. The molecule has 1 aromatic rings. The normalized spacial score (nSPS) is 23.7. The fraction of sp³-hybridized carbons (Fsp3) is 0.565. The van der Waals surface area contributed by atoms with E-state index in [0.29, 0.717) is 12.8 Å². The van der Waals surface area contributed by atoms with E-state index in [2.05, 4.69) is 0 Å². The molecule has 7 heteroatoms. The summed E-state index contributed by atoms with van der Waals surface area (Å²) in [6, 6.07) is 5.24. The molecule has 0 spiro atoms. The molecule has 0 bridgehead atoms. The lowest BCUT2D eigenvalue weighted by Crippen LogP contribution is -2.21. The van der Waals surface area contributed by atoms with E-state index in [1.165, 1.54) is 0 Å². The molecule has 2 rings (SSSR count). The van der Waals surface area contributed by atoms with Crippen LogP contribution < -0.4 is 0 Å². The number of Topliss-reactive ketones (excluding diaryl/α,β-unsaturated/α-hetero) is 1. The van der Waals surface area contributed by atoms with Gasteiger partial charge in [0.25, 0.3) is 0 Å². The number of aliphatic carboxylic acids is 1. The van der Waals surface area contributed by atoms with E-state index in [-0.39, 0.29) is 42.1 Å². The van der Waals surface area contributed by atoms with Crippen LogP contribution in [0.1, 0.15) is 49.7 Å². The van der Waals surface area contributed by atoms with Crippen molar-refractivity contribution in [3.63, 3.8) is 0 Å². The molecule has 6 nitrogen and oxygen atoms in total. The molecule has 4 N–H and O–H groups in total. The van der Waals surface area contributed by atoms with Crippen LogP contribution in [0, 0.1) is 18.8 Å². The number of carboxylic acids is 1. The number of aromatic hydroxyl groups is 1. The Labute approximate surface area is 182 Å². The summed E-state index contributed by atoms with van der Waals surface area (Å²) in [6.45, 7) is 3.70. The predicted molar refractivity (Wildman–Crippen MR) is 118 cm³/mol. The van der Waals surface area contributed by atoms with Crippen molar-refractivity contribution in [1.82, 2.24) is 0 Å². The van der Waals surface area contributed by atoms with Crippen molar-refractivity contribution >= 4 is 23.5 Å². The molecular formula is C23H32O6S. The van der Waals surface area contributed by atoms with E-state index in [9.17, 15) is 24.9 Å². The number of aliphatic hydroxyl groups excluding tert-OH is 2. The molecule has 0 radical (unpaired) electrons. The summed E-state index contributed by atoms with van der Waals surface area (Å²) in [4.78, 5) is 22.8. The third kappa shape index (κ3) is 6.86. The first kappa shape index (κ1) is 24.4. The number of thioether (sulfide) groups is 1. The number of phenolic OH excluding ortho intramolecular Hbond substituents is 1. The average Bonchev–Trinajstić information content (AvgIpc) is 2.96. The van der Waals surface area contributed by atoms with Gasteiger partial charge in [0.2, 0.25) is 0 Å². The zero-order valence-corrected chi connectivity index (χ0v) is 18.3. The highest BCUT2D eigenvalue weighted by molar-refractivity contribution is 7.99. The molecular weight excluding hydrogens is 404 g/mol. The number of benzene rings is 1. The first-order valence-electron chi connectivity index (χ1n) is 10.4. The van der Waals surface area contributed by atoms with Crippen molar-refractivity contribution in [2.24, 2.45) is 11.8 Å². The van der Waals surface area contributed by atoms with Crippen molar-refractivity contribution in [1.29, 1.82) is 0 Å². The van der Waals surface area contributed by atoms with E-state index in [4.69, 9.17) is 5.11 Å². The molecule has 0 aromatic heterocycles. The quantitative estimate of drug-likeness (QED) is 0.311. The van der Waals surface area contributed by atoms with Crippen molar-refractivity contribution in [3.05, 3.63) is 41.5 Å². The van der Waals surface area contributed by atoms with Gasteiger partial charge in [0, 0.05) is 30.6 Å². The number of carbonyl (C=O) groups excluding carboxylic acids is 1. The van der Waals surface area contributed by atoms with Gasteiger partial charge >= 0.3 is 5.97 Å². The molecule has 30 heavy (non-hydrogen) atoms. The van der Waals surface area contributed by atoms with Gasteiger partial charge in [0.1, 0.15) is 11.5 Å². The summed E-state index contributed by atoms with van der Waals surface area (Å²) in [5, 5.41) is 39.2. The van der Waals surface area contributed by atoms with Crippen LogP contribution >= 0.6 is 11.8 Å². The highest BCUT2D eigenvalue weighted by atomic mass is 32.2. The number of ketones is 1. The van der Waals surface area contributed by atoms with Gasteiger partial charge in [-0.3, -0.25) is 9.59 Å². The lowest BCUT2D eigenvalue weighted by molar-refractivity contribution is -0.137. The summed E-state index contributed by atoms with van der Waals surface area (Å²) in [5.41, 5.74) is 1.65. The summed E-state index contributed by atoms with van der Waals surface area (Å²) in [5.74, 6) is 0.134. The van der Waals surface area contributed by atoms with Gasteiger partial charge in [-0.2, -0.15) is 11.8 Å². The smallest absolute Gasteiger partial charge is 0.303 e. The maximum absolute atomic E-state index is 12.3. The largest absolute Gasteiger partial charge is 0.508 e. The number of aliphatic hydroxyl groups is 2. The Morgan fingerprint density at radius 3 is 2.73 bits per heavy atom. The van der Waals surface area contributed by atoms with Gasteiger partial charge in [-0.25, -0.2) is 0 Å². The highest BCUT2D eigenvalue weighted by Crippen LogP contribution is 2.34. The second-order valence-electron chi connectivity index (χ2n) is 8.03. The van der Waals surface area contributed by atoms with Gasteiger partial charge in [0.15, 0.2) is 0 Å². The number of carbonyl (C=O) groups is 2. The molecule has 0 saturated heterocycles. The molecule has 0 amide bonds. The molecule has 0 heterocycles. The average molecular weight is 437 g/mol. The number of rotatable bonds is 11. The Hall–Kier alpha value is -1.83. The second kappa shape index (κ2) is 11.5. The number of carboxylic acid groups (broad SMARTS) is 1. The van der Waals surface area contributed by atoms with E-state index in [1.807, 2.05) is 13.0 Å². The minimum atomic E-state index is -0.801. The fourth-order valence-electron chi connectivity index (χ4n) is 3.80. The van der Waals surface area contributed by atoms with Crippen molar-refractivity contribution in [2.75, 3.05) is 11.5 Å². The number of phenols is 1. The molecule has 1 aliphatic rings. The van der Waals surface area contributed by atoms with E-state index in [1.54, 1.807) is 43.0 Å². The van der Waals surface area contributed by atoms with Crippen LogP contribution in [-0.2, 0) is 9.59 Å². The van der Waals surface area contributed by atoms with E-state index < -0.39 is 18.2 Å². The van der Waals surface area contributed by atoms with Gasteiger partial charge in [-0.1, -0.05) is 31.2 Å². The minimum absolute atomic E-state index is 0.0417. The lowest BCUT2D eigenvalue weighted by Gasteiger charge is -2.20. The van der Waals surface area contributed by atoms with Gasteiger partial charge in [-0.05, 0) is 48.5 Å². The molecule has 1 saturated carbocycles. The predicted octanol–water partition coefficient (Wildman–Crippen LogP) is 3.28. The first-order chi connectivity index (χ1) is 14.2.